The lowest BCUT2D eigenvalue weighted by Gasteiger charge is -2.28. The van der Waals surface area contributed by atoms with Crippen molar-refractivity contribution in [2.75, 3.05) is 45.3 Å². The largest absolute Gasteiger partial charge is 0.467 e. The maximum atomic E-state index is 6.09. The molecule has 1 aliphatic rings. The standard InChI is InChI=1S/C11H17ClN4O2/c1-16(7-8-5-13-3-4-18-8)10-9(12)6-14-11(15-10)17-2/h6,8,13H,3-5,7H2,1-2H3. The van der Waals surface area contributed by atoms with Gasteiger partial charge >= 0.3 is 6.01 Å². The maximum Gasteiger partial charge on any atom is 0.318 e. The van der Waals surface area contributed by atoms with Gasteiger partial charge in [0.2, 0.25) is 0 Å². The van der Waals surface area contributed by atoms with Crippen LogP contribution in [0, 0.1) is 0 Å². The van der Waals surface area contributed by atoms with Crippen molar-refractivity contribution in [1.29, 1.82) is 0 Å². The van der Waals surface area contributed by atoms with Crippen molar-refractivity contribution >= 4 is 17.4 Å². The molecule has 7 heteroatoms. The highest BCUT2D eigenvalue weighted by atomic mass is 35.5. The molecule has 1 aromatic rings. The molecule has 1 N–H and O–H groups in total. The van der Waals surface area contributed by atoms with E-state index in [4.69, 9.17) is 21.1 Å². The summed E-state index contributed by atoms with van der Waals surface area (Å²) >= 11 is 6.09. The van der Waals surface area contributed by atoms with Crippen LogP contribution >= 0.6 is 11.6 Å². The Balaban J connectivity index is 2.04. The summed E-state index contributed by atoms with van der Waals surface area (Å²) in [5.41, 5.74) is 0. The average Bonchev–Trinajstić information content (AvgIpc) is 2.40. The number of morpholine rings is 1. The summed E-state index contributed by atoms with van der Waals surface area (Å²) in [6.07, 6.45) is 1.68. The number of hydrogen-bond acceptors (Lipinski definition) is 6. The number of hydrogen-bond donors (Lipinski definition) is 1. The second-order valence-corrected chi connectivity index (χ2v) is 4.51. The van der Waals surface area contributed by atoms with Crippen molar-refractivity contribution in [1.82, 2.24) is 15.3 Å². The molecule has 0 aliphatic carbocycles. The molecule has 0 spiro atoms. The summed E-state index contributed by atoms with van der Waals surface area (Å²) in [5.74, 6) is 0.651. The number of nitrogens with one attached hydrogen (secondary N) is 1. The predicted octanol–water partition coefficient (Wildman–Crippen LogP) is 0.563. The SMILES string of the molecule is COc1ncc(Cl)c(N(C)CC2CNCCO2)n1. The molecule has 0 saturated carbocycles. The molecule has 18 heavy (non-hydrogen) atoms. The highest BCUT2D eigenvalue weighted by Gasteiger charge is 2.18. The normalized spacial score (nSPS) is 19.6. The van der Waals surface area contributed by atoms with E-state index in [0.717, 1.165) is 19.7 Å². The van der Waals surface area contributed by atoms with E-state index in [-0.39, 0.29) is 6.10 Å². The van der Waals surface area contributed by atoms with Gasteiger partial charge < -0.3 is 19.7 Å². The molecule has 1 fully saturated rings. The first-order valence-corrected chi connectivity index (χ1v) is 6.18. The summed E-state index contributed by atoms with van der Waals surface area (Å²) in [6.45, 7) is 3.19. The first kappa shape index (κ1) is 13.3. The van der Waals surface area contributed by atoms with Gasteiger partial charge in [0.15, 0.2) is 5.82 Å². The van der Waals surface area contributed by atoms with Gasteiger partial charge in [-0.3, -0.25) is 0 Å². The van der Waals surface area contributed by atoms with Crippen LogP contribution in [0.4, 0.5) is 5.82 Å². The lowest BCUT2D eigenvalue weighted by atomic mass is 10.3. The molecule has 1 unspecified atom stereocenters. The van der Waals surface area contributed by atoms with Gasteiger partial charge in [-0.1, -0.05) is 11.6 Å². The molecule has 0 bridgehead atoms. The fourth-order valence-corrected chi connectivity index (χ4v) is 2.07. The molecule has 2 rings (SSSR count). The summed E-state index contributed by atoms with van der Waals surface area (Å²) in [4.78, 5) is 10.1. The second kappa shape index (κ2) is 6.17. The summed E-state index contributed by atoms with van der Waals surface area (Å²) < 4.78 is 10.6. The van der Waals surface area contributed by atoms with Crippen LogP contribution in [0.3, 0.4) is 0 Å². The molecule has 2 heterocycles. The van der Waals surface area contributed by atoms with E-state index in [9.17, 15) is 0 Å². The Morgan fingerprint density at radius 2 is 2.50 bits per heavy atom. The van der Waals surface area contributed by atoms with E-state index in [1.165, 1.54) is 7.11 Å². The molecule has 1 saturated heterocycles. The Hall–Kier alpha value is -1.11. The lowest BCUT2D eigenvalue weighted by molar-refractivity contribution is 0.0339. The molecule has 6 nitrogen and oxygen atoms in total. The molecular formula is C11H17ClN4O2. The lowest BCUT2D eigenvalue weighted by Crippen LogP contribution is -2.44. The minimum Gasteiger partial charge on any atom is -0.467 e. The van der Waals surface area contributed by atoms with Crippen LogP contribution in [0.5, 0.6) is 6.01 Å². The highest BCUT2D eigenvalue weighted by molar-refractivity contribution is 6.32. The number of rotatable bonds is 4. The second-order valence-electron chi connectivity index (χ2n) is 4.11. The van der Waals surface area contributed by atoms with Crippen LogP contribution in [0.15, 0.2) is 6.20 Å². The smallest absolute Gasteiger partial charge is 0.318 e. The fourth-order valence-electron chi connectivity index (χ4n) is 1.84. The Kier molecular flexibility index (Phi) is 4.57. The number of aromatic nitrogens is 2. The van der Waals surface area contributed by atoms with Gasteiger partial charge in [0, 0.05) is 26.7 Å². The minimum atomic E-state index is 0.140. The molecule has 1 atom stereocenters. The van der Waals surface area contributed by atoms with E-state index in [1.807, 2.05) is 11.9 Å². The third kappa shape index (κ3) is 3.22. The number of likely N-dealkylation sites (N-methyl/N-ethyl adjacent to an activating group) is 1. The molecule has 100 valence electrons. The van der Waals surface area contributed by atoms with E-state index >= 15 is 0 Å². The van der Waals surface area contributed by atoms with Crippen LogP contribution in [-0.4, -0.2) is 56.5 Å². The number of ether oxygens (including phenoxy) is 2. The zero-order valence-electron chi connectivity index (χ0n) is 10.5. The van der Waals surface area contributed by atoms with Crippen LogP contribution in [0.25, 0.3) is 0 Å². The van der Waals surface area contributed by atoms with Gasteiger partial charge in [0.1, 0.15) is 5.02 Å². The summed E-state index contributed by atoms with van der Waals surface area (Å²) in [5, 5.41) is 3.79. The maximum absolute atomic E-state index is 6.09. The monoisotopic (exact) mass is 272 g/mol. The number of anilines is 1. The molecule has 1 aliphatic heterocycles. The third-order valence-corrected chi connectivity index (χ3v) is 3.00. The van der Waals surface area contributed by atoms with Crippen LogP contribution in [0.2, 0.25) is 5.02 Å². The number of halogens is 1. The van der Waals surface area contributed by atoms with Crippen molar-refractivity contribution in [2.24, 2.45) is 0 Å². The highest BCUT2D eigenvalue weighted by Crippen LogP contribution is 2.23. The van der Waals surface area contributed by atoms with Crippen molar-refractivity contribution in [3.8, 4) is 6.01 Å². The Morgan fingerprint density at radius 3 is 3.17 bits per heavy atom. The van der Waals surface area contributed by atoms with Crippen molar-refractivity contribution in [3.63, 3.8) is 0 Å². The van der Waals surface area contributed by atoms with Gasteiger partial charge in [-0.25, -0.2) is 4.98 Å². The van der Waals surface area contributed by atoms with E-state index in [2.05, 4.69) is 15.3 Å². The van der Waals surface area contributed by atoms with E-state index < -0.39 is 0 Å². The van der Waals surface area contributed by atoms with Gasteiger partial charge in [-0.05, 0) is 0 Å². The molecule has 0 amide bonds. The Bertz CT molecular complexity index is 399. The van der Waals surface area contributed by atoms with Crippen LogP contribution in [0.1, 0.15) is 0 Å². The molecular weight excluding hydrogens is 256 g/mol. The molecule has 0 aromatic carbocycles. The number of methoxy groups -OCH3 is 1. The molecule has 1 aromatic heterocycles. The topological polar surface area (TPSA) is 59.5 Å². The van der Waals surface area contributed by atoms with E-state index in [0.29, 0.717) is 23.4 Å². The first-order valence-electron chi connectivity index (χ1n) is 5.80. The van der Waals surface area contributed by atoms with E-state index in [1.54, 1.807) is 6.20 Å². The Labute approximate surface area is 111 Å². The van der Waals surface area contributed by atoms with Gasteiger partial charge in [-0.15, -0.1) is 0 Å². The van der Waals surface area contributed by atoms with Crippen LogP contribution in [-0.2, 0) is 4.74 Å². The van der Waals surface area contributed by atoms with Crippen molar-refractivity contribution < 1.29 is 9.47 Å². The predicted molar refractivity (Wildman–Crippen MR) is 69.5 cm³/mol. The van der Waals surface area contributed by atoms with Crippen LogP contribution < -0.4 is 15.0 Å². The average molecular weight is 273 g/mol. The van der Waals surface area contributed by atoms with Crippen molar-refractivity contribution in [2.45, 2.75) is 6.10 Å². The van der Waals surface area contributed by atoms with Gasteiger partial charge in [0.05, 0.1) is 26.0 Å². The zero-order chi connectivity index (χ0) is 13.0. The quantitative estimate of drug-likeness (QED) is 0.865. The van der Waals surface area contributed by atoms with Crippen molar-refractivity contribution in [3.05, 3.63) is 11.2 Å². The zero-order valence-corrected chi connectivity index (χ0v) is 11.3. The fraction of sp³-hybridized carbons (Fsp3) is 0.636. The molecule has 0 radical (unpaired) electrons. The number of nitrogens with zero attached hydrogens (tertiary/aromatic N) is 3. The van der Waals surface area contributed by atoms with Gasteiger partial charge in [0.25, 0.3) is 0 Å². The Morgan fingerprint density at radius 1 is 1.67 bits per heavy atom. The summed E-state index contributed by atoms with van der Waals surface area (Å²) in [7, 11) is 3.45. The third-order valence-electron chi connectivity index (χ3n) is 2.73. The minimum absolute atomic E-state index is 0.140. The first-order chi connectivity index (χ1) is 8.70. The summed E-state index contributed by atoms with van der Waals surface area (Å²) in [6, 6.07) is 0.309. The van der Waals surface area contributed by atoms with Gasteiger partial charge in [-0.2, -0.15) is 4.98 Å².